The van der Waals surface area contributed by atoms with Crippen molar-refractivity contribution in [2.45, 2.75) is 19.9 Å². The number of hydrogen-bond donors (Lipinski definition) is 1. The molecule has 2 N–H and O–H groups in total. The Morgan fingerprint density at radius 1 is 1.73 bits per heavy atom. The molecule has 0 spiro atoms. The van der Waals surface area contributed by atoms with Crippen molar-refractivity contribution in [3.8, 4) is 0 Å². The Hall–Kier alpha value is 0.0300. The number of halogens is 1. The third kappa shape index (κ3) is 1.46. The fourth-order valence-corrected chi connectivity index (χ4v) is 1.81. The summed E-state index contributed by atoms with van der Waals surface area (Å²) in [4.78, 5) is 11.1. The van der Waals surface area contributed by atoms with Crippen molar-refractivity contribution in [3.63, 3.8) is 0 Å². The van der Waals surface area contributed by atoms with Crippen molar-refractivity contribution >= 4 is 31.6 Å². The molecule has 1 fully saturated rings. The summed E-state index contributed by atoms with van der Waals surface area (Å²) in [6.45, 7) is 3.95. The van der Waals surface area contributed by atoms with Crippen LogP contribution in [0.5, 0.6) is 0 Å². The summed E-state index contributed by atoms with van der Waals surface area (Å²) >= 11 is -0.643. The Morgan fingerprint density at radius 2 is 2.18 bits per heavy atom. The summed E-state index contributed by atoms with van der Waals surface area (Å²) in [5.41, 5.74) is 5.61. The van der Waals surface area contributed by atoms with Crippen LogP contribution in [-0.4, -0.2) is 16.5 Å². The molecule has 1 saturated carbocycles. The van der Waals surface area contributed by atoms with Crippen LogP contribution in [0.15, 0.2) is 0 Å². The molecule has 4 heteroatoms. The summed E-state index contributed by atoms with van der Waals surface area (Å²) in [6.07, 6.45) is 0. The molecule has 1 aliphatic rings. The Kier molecular flexibility index (Phi) is 2.34. The number of hydrogen-bond acceptors (Lipinski definition) is 3. The summed E-state index contributed by atoms with van der Waals surface area (Å²) in [5, 5.41) is 0. The number of rotatable bonds is 2. The highest BCUT2D eigenvalue weighted by Crippen LogP contribution is 2.51. The van der Waals surface area contributed by atoms with E-state index in [2.05, 4.69) is 4.51 Å². The Bertz CT molecular complexity index is 203. The normalized spacial score (nSPS) is 33.0. The van der Waals surface area contributed by atoms with E-state index in [-0.39, 0.29) is 23.3 Å². The smallest absolute Gasteiger partial charge is 0.320 e. The topological polar surface area (TPSA) is 52.3 Å². The van der Waals surface area contributed by atoms with Crippen molar-refractivity contribution in [1.82, 2.24) is 0 Å². The summed E-state index contributed by atoms with van der Waals surface area (Å²) in [7, 11) is 0. The number of nitrogens with two attached hydrogens (primary N) is 1. The highest BCUT2D eigenvalue weighted by molar-refractivity contribution is 14.2. The summed E-state index contributed by atoms with van der Waals surface area (Å²) in [6, 6.07) is -0.0226. The van der Waals surface area contributed by atoms with E-state index < -0.39 is 21.1 Å². The molecule has 0 aromatic heterocycles. The van der Waals surface area contributed by atoms with Crippen molar-refractivity contribution in [2.24, 2.45) is 17.1 Å². The van der Waals surface area contributed by atoms with E-state index in [4.69, 9.17) is 8.80 Å². The van der Waals surface area contributed by atoms with Crippen LogP contribution in [0.2, 0.25) is 0 Å². The number of carbonyl (C=O) groups is 1. The lowest BCUT2D eigenvalue weighted by Gasteiger charge is -1.98. The summed E-state index contributed by atoms with van der Waals surface area (Å²) < 4.78 is 8.39. The molecule has 2 atom stereocenters. The van der Waals surface area contributed by atoms with Crippen LogP contribution in [0, 0.1) is 11.3 Å². The van der Waals surface area contributed by atoms with Crippen molar-refractivity contribution in [3.05, 3.63) is 0 Å². The molecule has 11 heavy (non-hydrogen) atoms. The van der Waals surface area contributed by atoms with Gasteiger partial charge in [-0.25, -0.2) is 0 Å². The standard InChI is InChI=1S/C7H12INO2/c1-7(2)4(5(7)9)6(10)11-8-3/h4-5H,3,9H2,1-2H3. The van der Waals surface area contributed by atoms with Crippen molar-refractivity contribution < 1.29 is 7.86 Å². The molecule has 0 bridgehead atoms. The molecule has 0 heterocycles. The van der Waals surface area contributed by atoms with E-state index >= 15 is 0 Å². The first-order valence-corrected chi connectivity index (χ1v) is 5.77. The van der Waals surface area contributed by atoms with Crippen molar-refractivity contribution in [2.75, 3.05) is 0 Å². The van der Waals surface area contributed by atoms with E-state index in [0.717, 1.165) is 0 Å². The number of carbonyl (C=O) groups excluding carboxylic acids is 1. The molecular weight excluding hydrogens is 257 g/mol. The molecule has 64 valence electrons. The van der Waals surface area contributed by atoms with E-state index in [1.54, 1.807) is 0 Å². The van der Waals surface area contributed by atoms with Crippen LogP contribution in [0.4, 0.5) is 0 Å². The minimum absolute atomic E-state index is 0.0226. The molecule has 3 nitrogen and oxygen atoms in total. The molecule has 1 rings (SSSR count). The average molecular weight is 269 g/mol. The first-order valence-electron chi connectivity index (χ1n) is 3.36. The fourth-order valence-electron chi connectivity index (χ4n) is 1.23. The molecule has 0 radical (unpaired) electrons. The molecule has 0 aromatic carbocycles. The average Bonchev–Trinajstić information content (AvgIpc) is 2.34. The molecule has 2 unspecified atom stereocenters. The van der Waals surface area contributed by atoms with E-state index in [1.165, 1.54) is 0 Å². The lowest BCUT2D eigenvalue weighted by molar-refractivity contribution is -0.133. The Labute approximate surface area is 76.6 Å². The maximum absolute atomic E-state index is 11.1. The fraction of sp³-hybridized carbons (Fsp3) is 0.714. The molecule has 1 aliphatic carbocycles. The SMILES string of the molecule is C=IOC(=O)C1C(N)C1(C)C. The molecule has 0 saturated heterocycles. The predicted octanol–water partition coefficient (Wildman–Crippen LogP) is 0.831. The van der Waals surface area contributed by atoms with Gasteiger partial charge in [-0.3, -0.25) is 4.79 Å². The maximum Gasteiger partial charge on any atom is 0.320 e. The van der Waals surface area contributed by atoms with Crippen LogP contribution in [-0.2, 0) is 7.86 Å². The zero-order valence-corrected chi connectivity index (χ0v) is 8.79. The van der Waals surface area contributed by atoms with Crippen molar-refractivity contribution in [1.29, 1.82) is 0 Å². The van der Waals surface area contributed by atoms with Crippen LogP contribution < -0.4 is 5.73 Å². The molecule has 0 aromatic rings. The van der Waals surface area contributed by atoms with Gasteiger partial charge in [0.15, 0.2) is 0 Å². The second-order valence-corrected chi connectivity index (χ2v) is 4.39. The van der Waals surface area contributed by atoms with Crippen LogP contribution >= 0.6 is 21.1 Å². The minimum Gasteiger partial charge on any atom is -0.404 e. The Morgan fingerprint density at radius 3 is 2.45 bits per heavy atom. The van der Waals surface area contributed by atoms with Gasteiger partial charge >= 0.3 is 5.97 Å². The third-order valence-corrected chi connectivity index (χ3v) is 3.04. The quantitative estimate of drug-likeness (QED) is 0.755. The van der Waals surface area contributed by atoms with E-state index in [0.29, 0.717) is 0 Å². The van der Waals surface area contributed by atoms with Crippen LogP contribution in [0.3, 0.4) is 0 Å². The van der Waals surface area contributed by atoms with Gasteiger partial charge in [-0.1, -0.05) is 13.8 Å². The lowest BCUT2D eigenvalue weighted by Crippen LogP contribution is -2.09. The lowest BCUT2D eigenvalue weighted by atomic mass is 10.1. The molecule has 0 aliphatic heterocycles. The predicted molar refractivity (Wildman–Crippen MR) is 52.5 cm³/mol. The molecular formula is C7H12INO2. The monoisotopic (exact) mass is 269 g/mol. The first kappa shape index (κ1) is 9.12. The first-order chi connectivity index (χ1) is 5.01. The van der Waals surface area contributed by atoms with Gasteiger partial charge < -0.3 is 8.80 Å². The summed E-state index contributed by atoms with van der Waals surface area (Å²) in [5.74, 6) is -0.255. The zero-order chi connectivity index (χ0) is 8.65. The third-order valence-electron chi connectivity index (χ3n) is 2.30. The van der Waals surface area contributed by atoms with Gasteiger partial charge in [0.1, 0.15) is 21.1 Å². The van der Waals surface area contributed by atoms with Crippen LogP contribution in [0.1, 0.15) is 13.8 Å². The maximum atomic E-state index is 11.1. The van der Waals surface area contributed by atoms with E-state index in [9.17, 15) is 4.79 Å². The highest BCUT2D eigenvalue weighted by Gasteiger charge is 2.60. The minimum atomic E-state index is -0.643. The Balaban J connectivity index is 2.53. The van der Waals surface area contributed by atoms with Gasteiger partial charge in [0.2, 0.25) is 0 Å². The highest BCUT2D eigenvalue weighted by atomic mass is 127. The second-order valence-electron chi connectivity index (χ2n) is 3.33. The molecule has 0 amide bonds. The van der Waals surface area contributed by atoms with E-state index in [1.807, 2.05) is 13.8 Å². The van der Waals surface area contributed by atoms with Gasteiger partial charge in [-0.2, -0.15) is 0 Å². The second kappa shape index (κ2) is 2.82. The van der Waals surface area contributed by atoms with Gasteiger partial charge in [-0.15, -0.1) is 0 Å². The van der Waals surface area contributed by atoms with Gasteiger partial charge in [0, 0.05) is 6.04 Å². The van der Waals surface area contributed by atoms with Gasteiger partial charge in [0.25, 0.3) is 0 Å². The zero-order valence-electron chi connectivity index (χ0n) is 6.63. The largest absolute Gasteiger partial charge is 0.404 e. The van der Waals surface area contributed by atoms with Crippen LogP contribution in [0.25, 0.3) is 0 Å². The van der Waals surface area contributed by atoms with Gasteiger partial charge in [0.05, 0.1) is 5.92 Å². The van der Waals surface area contributed by atoms with Gasteiger partial charge in [-0.05, 0) is 9.93 Å².